The number of carbonyl (C=O) groups is 2. The van der Waals surface area contributed by atoms with Crippen LogP contribution in [0.2, 0.25) is 5.02 Å². The number of hydrogen-bond acceptors (Lipinski definition) is 7. The van der Waals surface area contributed by atoms with Crippen LogP contribution in [0, 0.1) is 0 Å². The minimum Gasteiger partial charge on any atom is -0.487 e. The maximum Gasteiger partial charge on any atom is 0.338 e. The highest BCUT2D eigenvalue weighted by molar-refractivity contribution is 6.30. The van der Waals surface area contributed by atoms with Gasteiger partial charge in [-0.3, -0.25) is 4.79 Å². The summed E-state index contributed by atoms with van der Waals surface area (Å²) >= 11 is 5.86. The molecule has 0 saturated heterocycles. The number of rotatable bonds is 8. The number of carbonyl (C=O) groups excluding carboxylic acids is 2. The van der Waals surface area contributed by atoms with Gasteiger partial charge in [-0.05, 0) is 61.0 Å². The Morgan fingerprint density at radius 2 is 1.70 bits per heavy atom. The Morgan fingerprint density at radius 3 is 2.42 bits per heavy atom. The van der Waals surface area contributed by atoms with Crippen LogP contribution in [0.1, 0.15) is 28.5 Å². The van der Waals surface area contributed by atoms with Crippen LogP contribution in [-0.4, -0.2) is 23.7 Å². The zero-order valence-electron chi connectivity index (χ0n) is 17.7. The number of benzene rings is 3. The molecule has 0 aliphatic heterocycles. The summed E-state index contributed by atoms with van der Waals surface area (Å²) in [5.74, 6) is 0.161. The number of esters is 2. The molecular weight excluding hydrogens is 446 g/mol. The lowest BCUT2D eigenvalue weighted by Crippen LogP contribution is -2.11. The molecule has 4 aromatic rings. The summed E-state index contributed by atoms with van der Waals surface area (Å²) in [6, 6.07) is 18.7. The summed E-state index contributed by atoms with van der Waals surface area (Å²) in [6.45, 7) is 2.24. The molecule has 0 amide bonds. The maximum absolute atomic E-state index is 12.2. The summed E-state index contributed by atoms with van der Waals surface area (Å²) in [7, 11) is 0. The van der Waals surface area contributed by atoms with Crippen molar-refractivity contribution in [3.05, 3.63) is 88.6 Å². The fourth-order valence-corrected chi connectivity index (χ4v) is 3.25. The highest BCUT2D eigenvalue weighted by Gasteiger charge is 2.13. The Hall–Kier alpha value is -3.84. The van der Waals surface area contributed by atoms with Crippen LogP contribution < -0.4 is 9.47 Å². The monoisotopic (exact) mass is 465 g/mol. The molecule has 8 heteroatoms. The van der Waals surface area contributed by atoms with E-state index in [2.05, 4.69) is 5.16 Å². The van der Waals surface area contributed by atoms with E-state index in [-0.39, 0.29) is 19.0 Å². The van der Waals surface area contributed by atoms with Crippen LogP contribution in [0.15, 0.2) is 71.3 Å². The fraction of sp³-hybridized carbons (Fsp3) is 0.160. The SMILES string of the molecule is CCOC(=O)c1ccc(OCc2noc3cc(OC(=O)Cc4ccc(Cl)cc4)ccc23)cc1. The van der Waals surface area contributed by atoms with Crippen molar-refractivity contribution in [2.24, 2.45) is 0 Å². The second-order valence-corrected chi connectivity index (χ2v) is 7.53. The zero-order chi connectivity index (χ0) is 23.2. The van der Waals surface area contributed by atoms with Gasteiger partial charge in [0.2, 0.25) is 0 Å². The largest absolute Gasteiger partial charge is 0.487 e. The Kier molecular flexibility index (Phi) is 6.90. The molecule has 1 heterocycles. The summed E-state index contributed by atoms with van der Waals surface area (Å²) in [4.78, 5) is 23.9. The second kappa shape index (κ2) is 10.2. The van der Waals surface area contributed by atoms with Gasteiger partial charge in [0.1, 0.15) is 23.8 Å². The van der Waals surface area contributed by atoms with Gasteiger partial charge in [-0.25, -0.2) is 4.79 Å². The molecule has 0 unspecified atom stereocenters. The van der Waals surface area contributed by atoms with Gasteiger partial charge in [-0.15, -0.1) is 0 Å². The molecule has 0 aliphatic rings. The highest BCUT2D eigenvalue weighted by Crippen LogP contribution is 2.25. The Bertz CT molecular complexity index is 1260. The number of ether oxygens (including phenoxy) is 3. The van der Waals surface area contributed by atoms with E-state index in [1.807, 2.05) is 0 Å². The van der Waals surface area contributed by atoms with Crippen molar-refractivity contribution < 1.29 is 28.3 Å². The van der Waals surface area contributed by atoms with Gasteiger partial charge in [0.05, 0.1) is 18.6 Å². The highest BCUT2D eigenvalue weighted by atomic mass is 35.5. The molecular formula is C25H20ClNO6. The number of aromatic nitrogens is 1. The maximum atomic E-state index is 12.2. The quantitative estimate of drug-likeness (QED) is 0.255. The van der Waals surface area contributed by atoms with E-state index in [0.29, 0.717) is 40.0 Å². The Morgan fingerprint density at radius 1 is 0.970 bits per heavy atom. The molecule has 3 aromatic carbocycles. The van der Waals surface area contributed by atoms with E-state index in [1.165, 1.54) is 0 Å². The summed E-state index contributed by atoms with van der Waals surface area (Å²) in [5.41, 5.74) is 2.33. The molecule has 0 bridgehead atoms. The number of halogens is 1. The molecule has 7 nitrogen and oxygen atoms in total. The third kappa shape index (κ3) is 5.70. The molecule has 0 atom stereocenters. The van der Waals surface area contributed by atoms with Gasteiger partial charge in [-0.1, -0.05) is 28.9 Å². The van der Waals surface area contributed by atoms with E-state index in [1.54, 1.807) is 73.7 Å². The first-order chi connectivity index (χ1) is 16.0. The van der Waals surface area contributed by atoms with Gasteiger partial charge in [-0.2, -0.15) is 0 Å². The van der Waals surface area contributed by atoms with Crippen LogP contribution in [0.5, 0.6) is 11.5 Å². The van der Waals surface area contributed by atoms with Gasteiger partial charge >= 0.3 is 11.9 Å². The summed E-state index contributed by atoms with van der Waals surface area (Å²) in [6.07, 6.45) is 0.125. The smallest absolute Gasteiger partial charge is 0.338 e. The lowest BCUT2D eigenvalue weighted by atomic mass is 10.1. The molecule has 1 aromatic heterocycles. The average molecular weight is 466 g/mol. The summed E-state index contributed by atoms with van der Waals surface area (Å²) < 4.78 is 21.5. The van der Waals surface area contributed by atoms with Crippen LogP contribution in [0.4, 0.5) is 0 Å². The standard InChI is InChI=1S/C25H20ClNO6/c1-2-30-25(29)17-5-9-19(10-6-17)31-15-22-21-12-11-20(14-23(21)33-27-22)32-24(28)13-16-3-7-18(26)8-4-16/h3-12,14H,2,13,15H2,1H3. The molecule has 0 radical (unpaired) electrons. The van der Waals surface area contributed by atoms with Gasteiger partial charge in [0.25, 0.3) is 0 Å². The van der Waals surface area contributed by atoms with E-state index in [4.69, 9.17) is 30.3 Å². The van der Waals surface area contributed by atoms with Crippen LogP contribution >= 0.6 is 11.6 Å². The topological polar surface area (TPSA) is 87.9 Å². The van der Waals surface area contributed by atoms with Crippen molar-refractivity contribution in [2.75, 3.05) is 6.61 Å². The van der Waals surface area contributed by atoms with Crippen molar-refractivity contribution in [2.45, 2.75) is 20.0 Å². The Labute approximate surface area is 194 Å². The van der Waals surface area contributed by atoms with Gasteiger partial charge in [0, 0.05) is 16.5 Å². The normalized spacial score (nSPS) is 10.7. The van der Waals surface area contributed by atoms with E-state index < -0.39 is 5.97 Å². The van der Waals surface area contributed by atoms with Crippen molar-refractivity contribution >= 4 is 34.5 Å². The minimum absolute atomic E-state index is 0.125. The summed E-state index contributed by atoms with van der Waals surface area (Å²) in [5, 5.41) is 5.40. The first kappa shape index (κ1) is 22.4. The first-order valence-electron chi connectivity index (χ1n) is 10.2. The third-order valence-electron chi connectivity index (χ3n) is 4.75. The van der Waals surface area contributed by atoms with Crippen molar-refractivity contribution in [3.8, 4) is 11.5 Å². The van der Waals surface area contributed by atoms with Crippen molar-refractivity contribution in [3.63, 3.8) is 0 Å². The van der Waals surface area contributed by atoms with Gasteiger partial charge < -0.3 is 18.7 Å². The molecule has 0 saturated carbocycles. The molecule has 4 rings (SSSR count). The van der Waals surface area contributed by atoms with Crippen LogP contribution in [0.3, 0.4) is 0 Å². The first-order valence-corrected chi connectivity index (χ1v) is 10.6. The number of fused-ring (bicyclic) bond motifs is 1. The van der Waals surface area contributed by atoms with E-state index in [0.717, 1.165) is 10.9 Å². The van der Waals surface area contributed by atoms with Crippen molar-refractivity contribution in [1.82, 2.24) is 5.16 Å². The lowest BCUT2D eigenvalue weighted by molar-refractivity contribution is -0.133. The van der Waals surface area contributed by atoms with Gasteiger partial charge in [0.15, 0.2) is 5.58 Å². The molecule has 168 valence electrons. The predicted octanol–water partition coefficient (Wildman–Crippen LogP) is 5.39. The third-order valence-corrected chi connectivity index (χ3v) is 5.00. The zero-order valence-corrected chi connectivity index (χ0v) is 18.5. The molecule has 0 fully saturated rings. The fourth-order valence-electron chi connectivity index (χ4n) is 3.13. The average Bonchev–Trinajstić information content (AvgIpc) is 3.22. The molecule has 0 spiro atoms. The minimum atomic E-state index is -0.397. The lowest BCUT2D eigenvalue weighted by Gasteiger charge is -2.06. The molecule has 33 heavy (non-hydrogen) atoms. The second-order valence-electron chi connectivity index (χ2n) is 7.10. The number of nitrogens with zero attached hydrogens (tertiary/aromatic N) is 1. The van der Waals surface area contributed by atoms with E-state index >= 15 is 0 Å². The van der Waals surface area contributed by atoms with Crippen LogP contribution in [-0.2, 0) is 22.6 Å². The van der Waals surface area contributed by atoms with Crippen LogP contribution in [0.25, 0.3) is 11.0 Å². The predicted molar refractivity (Wildman–Crippen MR) is 122 cm³/mol. The van der Waals surface area contributed by atoms with E-state index in [9.17, 15) is 9.59 Å². The molecule has 0 aliphatic carbocycles. The van der Waals surface area contributed by atoms with Crippen molar-refractivity contribution in [1.29, 1.82) is 0 Å². The number of hydrogen-bond donors (Lipinski definition) is 0. The Balaban J connectivity index is 1.37. The molecule has 0 N–H and O–H groups in total.